The summed E-state index contributed by atoms with van der Waals surface area (Å²) in [6, 6.07) is 6.16. The van der Waals surface area contributed by atoms with Crippen LogP contribution in [0, 0.1) is 6.92 Å². The number of aryl methyl sites for hydroxylation is 1. The van der Waals surface area contributed by atoms with Gasteiger partial charge in [-0.05, 0) is 37.7 Å². The fraction of sp³-hybridized carbons (Fsp3) is 0.400. The van der Waals surface area contributed by atoms with Crippen molar-refractivity contribution in [3.63, 3.8) is 0 Å². The third-order valence-electron chi connectivity index (χ3n) is 3.31. The zero-order chi connectivity index (χ0) is 14.0. The van der Waals surface area contributed by atoms with Crippen LogP contribution in [0.3, 0.4) is 0 Å². The van der Waals surface area contributed by atoms with Crippen molar-refractivity contribution < 1.29 is 0 Å². The van der Waals surface area contributed by atoms with Gasteiger partial charge in [-0.15, -0.1) is 0 Å². The van der Waals surface area contributed by atoms with Crippen LogP contribution in [-0.2, 0) is 6.42 Å². The number of hydrogen-bond donors (Lipinski definition) is 1. The average molecular weight is 278 g/mol. The van der Waals surface area contributed by atoms with Crippen molar-refractivity contribution in [2.45, 2.75) is 13.3 Å². The Hall–Kier alpha value is -1.32. The first-order valence-corrected chi connectivity index (χ1v) is 6.83. The summed E-state index contributed by atoms with van der Waals surface area (Å²) in [5, 5.41) is 5.09. The molecule has 1 aromatic heterocycles. The normalized spacial score (nSPS) is 11.0. The molecule has 0 aliphatic carbocycles. The van der Waals surface area contributed by atoms with Crippen LogP contribution in [0.2, 0.25) is 5.02 Å². The highest BCUT2D eigenvalue weighted by molar-refractivity contribution is 6.32. The molecule has 0 unspecified atom stereocenters. The second-order valence-electron chi connectivity index (χ2n) is 4.95. The van der Waals surface area contributed by atoms with Crippen molar-refractivity contribution in [2.24, 2.45) is 0 Å². The molecule has 2 aromatic rings. The smallest absolute Gasteiger partial charge is 0.0770 e. The molecule has 1 N–H and O–H groups in total. The van der Waals surface area contributed by atoms with E-state index in [2.05, 4.69) is 36.4 Å². The summed E-state index contributed by atoms with van der Waals surface area (Å²) in [6.45, 7) is 2.95. The highest BCUT2D eigenvalue weighted by Crippen LogP contribution is 2.31. The topological polar surface area (TPSA) is 28.2 Å². The Balaban J connectivity index is 2.65. The Morgan fingerprint density at radius 2 is 2.05 bits per heavy atom. The van der Waals surface area contributed by atoms with Crippen LogP contribution in [0.4, 0.5) is 5.69 Å². The molecule has 0 radical (unpaired) electrons. The summed E-state index contributed by atoms with van der Waals surface area (Å²) in [4.78, 5) is 6.89. The number of pyridine rings is 1. The lowest BCUT2D eigenvalue weighted by molar-refractivity contribution is 0.778. The van der Waals surface area contributed by atoms with Crippen molar-refractivity contribution in [1.82, 2.24) is 10.3 Å². The summed E-state index contributed by atoms with van der Waals surface area (Å²) in [6.07, 6.45) is 0.916. The number of anilines is 1. The van der Waals surface area contributed by atoms with Crippen LogP contribution in [0.5, 0.6) is 0 Å². The second-order valence-corrected chi connectivity index (χ2v) is 5.36. The van der Waals surface area contributed by atoms with Gasteiger partial charge in [-0.2, -0.15) is 0 Å². The van der Waals surface area contributed by atoms with Crippen molar-refractivity contribution in [1.29, 1.82) is 0 Å². The third-order valence-corrected chi connectivity index (χ3v) is 3.72. The standard InChI is InChI=1S/C15H20ClN3/c1-10-13(16)6-5-12-14(19(3)4)9-11(7-8-17-2)18-15(10)12/h5-6,9,17H,7-8H2,1-4H3. The summed E-state index contributed by atoms with van der Waals surface area (Å²) in [7, 11) is 6.07. The molecule has 102 valence electrons. The second kappa shape index (κ2) is 5.76. The van der Waals surface area contributed by atoms with E-state index in [9.17, 15) is 0 Å². The predicted molar refractivity (Wildman–Crippen MR) is 83.4 cm³/mol. The highest BCUT2D eigenvalue weighted by atomic mass is 35.5. The van der Waals surface area contributed by atoms with E-state index in [1.807, 2.05) is 20.0 Å². The maximum absolute atomic E-state index is 6.21. The molecule has 0 aliphatic heterocycles. The number of rotatable bonds is 4. The van der Waals surface area contributed by atoms with Gasteiger partial charge in [0.05, 0.1) is 5.52 Å². The average Bonchev–Trinajstić information content (AvgIpc) is 2.40. The Kier molecular flexibility index (Phi) is 4.27. The molecule has 0 saturated carbocycles. The van der Waals surface area contributed by atoms with E-state index in [0.717, 1.165) is 40.1 Å². The van der Waals surface area contributed by atoms with Gasteiger partial charge in [-0.25, -0.2) is 0 Å². The van der Waals surface area contributed by atoms with E-state index in [4.69, 9.17) is 16.6 Å². The minimum atomic E-state index is 0.774. The Morgan fingerprint density at radius 3 is 2.68 bits per heavy atom. The molecule has 1 heterocycles. The van der Waals surface area contributed by atoms with E-state index < -0.39 is 0 Å². The van der Waals surface area contributed by atoms with E-state index in [1.165, 1.54) is 5.69 Å². The molecule has 0 fully saturated rings. The van der Waals surface area contributed by atoms with Crippen molar-refractivity contribution >= 4 is 28.2 Å². The molecule has 0 spiro atoms. The monoisotopic (exact) mass is 277 g/mol. The van der Waals surface area contributed by atoms with Crippen LogP contribution in [0.1, 0.15) is 11.3 Å². The molecule has 0 saturated heterocycles. The van der Waals surface area contributed by atoms with Gasteiger partial charge >= 0.3 is 0 Å². The third kappa shape index (κ3) is 2.82. The summed E-state index contributed by atoms with van der Waals surface area (Å²) in [5.74, 6) is 0. The van der Waals surface area contributed by atoms with Crippen molar-refractivity contribution in [3.8, 4) is 0 Å². The molecule has 1 aromatic carbocycles. The summed E-state index contributed by atoms with van der Waals surface area (Å²) >= 11 is 6.21. The molecule has 0 bridgehead atoms. The molecule has 0 atom stereocenters. The Labute approximate surface area is 119 Å². The lowest BCUT2D eigenvalue weighted by atomic mass is 10.1. The van der Waals surface area contributed by atoms with E-state index in [1.54, 1.807) is 0 Å². The van der Waals surface area contributed by atoms with Gasteiger partial charge in [-0.3, -0.25) is 4.98 Å². The number of aromatic nitrogens is 1. The fourth-order valence-electron chi connectivity index (χ4n) is 2.19. The van der Waals surface area contributed by atoms with Gasteiger partial charge in [-0.1, -0.05) is 11.6 Å². The van der Waals surface area contributed by atoms with Gasteiger partial charge in [0.25, 0.3) is 0 Å². The molecular weight excluding hydrogens is 258 g/mol. The van der Waals surface area contributed by atoms with E-state index in [-0.39, 0.29) is 0 Å². The Bertz CT molecular complexity index is 593. The molecule has 2 rings (SSSR count). The molecule has 19 heavy (non-hydrogen) atoms. The molecular formula is C15H20ClN3. The lowest BCUT2D eigenvalue weighted by Crippen LogP contribution is -2.14. The SMILES string of the molecule is CNCCc1cc(N(C)C)c2ccc(Cl)c(C)c2n1. The van der Waals surface area contributed by atoms with E-state index in [0.29, 0.717) is 0 Å². The minimum Gasteiger partial charge on any atom is -0.377 e. The first-order chi connectivity index (χ1) is 9.04. The predicted octanol–water partition coefficient (Wildman–Crippen LogP) is 3.02. The lowest BCUT2D eigenvalue weighted by Gasteiger charge is -2.18. The van der Waals surface area contributed by atoms with Crippen LogP contribution < -0.4 is 10.2 Å². The van der Waals surface area contributed by atoms with Crippen LogP contribution in [0.25, 0.3) is 10.9 Å². The van der Waals surface area contributed by atoms with Crippen molar-refractivity contribution in [2.75, 3.05) is 32.6 Å². The van der Waals surface area contributed by atoms with Gasteiger partial charge in [0.15, 0.2) is 0 Å². The number of likely N-dealkylation sites (N-methyl/N-ethyl adjacent to an activating group) is 1. The zero-order valence-corrected chi connectivity index (χ0v) is 12.7. The molecule has 0 aliphatic rings. The number of nitrogens with one attached hydrogen (secondary N) is 1. The number of fused-ring (bicyclic) bond motifs is 1. The molecule has 4 heteroatoms. The largest absolute Gasteiger partial charge is 0.377 e. The van der Waals surface area contributed by atoms with Gasteiger partial charge in [0, 0.05) is 48.9 Å². The fourth-order valence-corrected chi connectivity index (χ4v) is 2.34. The van der Waals surface area contributed by atoms with Gasteiger partial charge < -0.3 is 10.2 Å². The van der Waals surface area contributed by atoms with Gasteiger partial charge in [0.1, 0.15) is 0 Å². The van der Waals surface area contributed by atoms with Crippen LogP contribution in [-0.4, -0.2) is 32.7 Å². The minimum absolute atomic E-state index is 0.774. The number of hydrogen-bond acceptors (Lipinski definition) is 3. The molecule has 3 nitrogen and oxygen atoms in total. The maximum atomic E-state index is 6.21. The first-order valence-electron chi connectivity index (χ1n) is 6.45. The maximum Gasteiger partial charge on any atom is 0.0770 e. The molecule has 0 amide bonds. The number of benzene rings is 1. The first kappa shape index (κ1) is 14.1. The summed E-state index contributed by atoms with van der Waals surface area (Å²) in [5.41, 5.74) is 4.34. The quantitative estimate of drug-likeness (QED) is 0.931. The number of halogens is 1. The van der Waals surface area contributed by atoms with E-state index >= 15 is 0 Å². The van der Waals surface area contributed by atoms with Crippen LogP contribution in [0.15, 0.2) is 18.2 Å². The highest BCUT2D eigenvalue weighted by Gasteiger charge is 2.11. The van der Waals surface area contributed by atoms with Crippen LogP contribution >= 0.6 is 11.6 Å². The summed E-state index contributed by atoms with van der Waals surface area (Å²) < 4.78 is 0. The Morgan fingerprint density at radius 1 is 1.32 bits per heavy atom. The zero-order valence-electron chi connectivity index (χ0n) is 11.9. The number of nitrogens with zero attached hydrogens (tertiary/aromatic N) is 2. The van der Waals surface area contributed by atoms with Gasteiger partial charge in [0.2, 0.25) is 0 Å². The van der Waals surface area contributed by atoms with Crippen molar-refractivity contribution in [3.05, 3.63) is 34.5 Å².